The molecule has 38 heavy (non-hydrogen) atoms. The van der Waals surface area contributed by atoms with Crippen LogP contribution in [0.15, 0.2) is 88.9 Å². The molecule has 1 heterocycles. The van der Waals surface area contributed by atoms with Gasteiger partial charge in [0.15, 0.2) is 0 Å². The molecule has 1 N–H and O–H groups in total. The van der Waals surface area contributed by atoms with Gasteiger partial charge in [0.05, 0.1) is 16.8 Å². The summed E-state index contributed by atoms with van der Waals surface area (Å²) >= 11 is 12.4. The van der Waals surface area contributed by atoms with E-state index in [9.17, 15) is 13.2 Å². The average Bonchev–Trinajstić information content (AvgIpc) is 3.17. The molecule has 4 aromatic rings. The zero-order valence-corrected chi connectivity index (χ0v) is 23.3. The quantitative estimate of drug-likeness (QED) is 0.207. The summed E-state index contributed by atoms with van der Waals surface area (Å²) in [4.78, 5) is 12.9. The first-order valence-electron chi connectivity index (χ1n) is 11.7. The van der Waals surface area contributed by atoms with Crippen molar-refractivity contribution in [1.82, 2.24) is 9.99 Å². The number of anilines is 1. The van der Waals surface area contributed by atoms with Crippen molar-refractivity contribution < 1.29 is 13.2 Å². The Hall–Kier alpha value is -3.59. The average molecular weight is 570 g/mol. The molecule has 0 unspecified atom stereocenters. The molecule has 0 spiro atoms. The second kappa shape index (κ2) is 11.4. The van der Waals surface area contributed by atoms with Gasteiger partial charge in [-0.05, 0) is 74.9 Å². The van der Waals surface area contributed by atoms with Gasteiger partial charge in [-0.2, -0.15) is 5.10 Å². The molecule has 0 atom stereocenters. The molecule has 7 nitrogen and oxygen atoms in total. The van der Waals surface area contributed by atoms with E-state index in [4.69, 9.17) is 23.2 Å². The van der Waals surface area contributed by atoms with Crippen molar-refractivity contribution in [3.8, 4) is 5.69 Å². The van der Waals surface area contributed by atoms with Crippen LogP contribution in [0.2, 0.25) is 10.0 Å². The third kappa shape index (κ3) is 5.93. The van der Waals surface area contributed by atoms with E-state index in [1.807, 2.05) is 55.7 Å². The molecule has 0 saturated heterocycles. The van der Waals surface area contributed by atoms with Crippen LogP contribution in [0.3, 0.4) is 0 Å². The van der Waals surface area contributed by atoms with Gasteiger partial charge in [0, 0.05) is 32.7 Å². The molecule has 0 aliphatic rings. The number of hydrogen-bond donors (Lipinski definition) is 1. The standard InChI is InChI=1S/C28H26Cl2N4O3S/c1-19-12-13-24(16-27(19)30)33(38(36,37)26-10-5-4-6-11-26)18-28(35)32-31-17-22-14-20(2)34(21(22)3)25-9-7-8-23(29)15-25/h4-17H,18H2,1-3H3,(H,32,35)/b31-17-. The van der Waals surface area contributed by atoms with Crippen LogP contribution in [0, 0.1) is 20.8 Å². The summed E-state index contributed by atoms with van der Waals surface area (Å²) in [5.74, 6) is -0.610. The summed E-state index contributed by atoms with van der Waals surface area (Å²) in [6.07, 6.45) is 1.53. The van der Waals surface area contributed by atoms with Crippen LogP contribution in [0.5, 0.6) is 0 Å². The number of aryl methyl sites for hydroxylation is 2. The predicted octanol–water partition coefficient (Wildman–Crippen LogP) is 6.05. The molecule has 1 aromatic heterocycles. The van der Waals surface area contributed by atoms with Crippen molar-refractivity contribution in [2.45, 2.75) is 25.7 Å². The number of nitrogens with one attached hydrogen (secondary N) is 1. The number of hydrazone groups is 1. The Labute approximate surface area is 232 Å². The third-order valence-corrected chi connectivity index (χ3v) is 8.42. The van der Waals surface area contributed by atoms with E-state index in [1.165, 1.54) is 24.4 Å². The van der Waals surface area contributed by atoms with E-state index in [0.717, 1.165) is 32.5 Å². The van der Waals surface area contributed by atoms with Crippen LogP contribution >= 0.6 is 23.2 Å². The van der Waals surface area contributed by atoms with Crippen molar-refractivity contribution in [2.75, 3.05) is 10.8 Å². The van der Waals surface area contributed by atoms with E-state index in [2.05, 4.69) is 10.5 Å². The summed E-state index contributed by atoms with van der Waals surface area (Å²) in [6, 6.07) is 22.2. The number of carbonyl (C=O) groups is 1. The molecule has 0 bridgehead atoms. The highest BCUT2D eigenvalue weighted by Crippen LogP contribution is 2.28. The zero-order chi connectivity index (χ0) is 27.4. The topological polar surface area (TPSA) is 83.8 Å². The largest absolute Gasteiger partial charge is 0.318 e. The number of carbonyl (C=O) groups excluding carboxylic acids is 1. The molecule has 0 fully saturated rings. The minimum atomic E-state index is -4.05. The van der Waals surface area contributed by atoms with E-state index in [1.54, 1.807) is 30.3 Å². The van der Waals surface area contributed by atoms with Crippen LogP contribution in [-0.2, 0) is 14.8 Å². The highest BCUT2D eigenvalue weighted by molar-refractivity contribution is 7.92. The Balaban J connectivity index is 1.56. The Morgan fingerprint density at radius 2 is 1.71 bits per heavy atom. The van der Waals surface area contributed by atoms with Crippen LogP contribution in [-0.4, -0.2) is 31.7 Å². The SMILES string of the molecule is Cc1ccc(N(CC(=O)N/N=C\c2cc(C)n(-c3cccc(Cl)c3)c2C)S(=O)(=O)c2ccccc2)cc1Cl. The van der Waals surface area contributed by atoms with E-state index in [-0.39, 0.29) is 10.6 Å². The van der Waals surface area contributed by atoms with Crippen LogP contribution in [0.1, 0.15) is 22.5 Å². The lowest BCUT2D eigenvalue weighted by molar-refractivity contribution is -0.119. The second-order valence-electron chi connectivity index (χ2n) is 8.69. The molecule has 196 valence electrons. The maximum Gasteiger partial charge on any atom is 0.264 e. The normalized spacial score (nSPS) is 11.6. The van der Waals surface area contributed by atoms with Gasteiger partial charge in [-0.15, -0.1) is 0 Å². The van der Waals surface area contributed by atoms with Crippen LogP contribution < -0.4 is 9.73 Å². The second-order valence-corrected chi connectivity index (χ2v) is 11.4. The molecule has 0 radical (unpaired) electrons. The van der Waals surface area contributed by atoms with E-state index >= 15 is 0 Å². The molecule has 0 saturated carbocycles. The minimum Gasteiger partial charge on any atom is -0.318 e. The summed E-state index contributed by atoms with van der Waals surface area (Å²) in [6.45, 7) is 5.22. The first kappa shape index (κ1) is 27.4. The van der Waals surface area contributed by atoms with Gasteiger partial charge in [0.2, 0.25) is 0 Å². The molecule has 10 heteroatoms. The van der Waals surface area contributed by atoms with Crippen molar-refractivity contribution in [1.29, 1.82) is 0 Å². The Morgan fingerprint density at radius 3 is 2.39 bits per heavy atom. The lowest BCUT2D eigenvalue weighted by Gasteiger charge is -2.24. The van der Waals surface area contributed by atoms with E-state index < -0.39 is 22.5 Å². The summed E-state index contributed by atoms with van der Waals surface area (Å²) in [5.41, 5.74) is 7.09. The monoisotopic (exact) mass is 568 g/mol. The van der Waals surface area contributed by atoms with Crippen molar-refractivity contribution >= 4 is 51.0 Å². The van der Waals surface area contributed by atoms with Gasteiger partial charge in [0.1, 0.15) is 6.54 Å². The first-order chi connectivity index (χ1) is 18.1. The number of nitrogens with zero attached hydrogens (tertiary/aromatic N) is 3. The molecule has 4 rings (SSSR count). The number of sulfonamides is 1. The first-order valence-corrected chi connectivity index (χ1v) is 13.9. The Morgan fingerprint density at radius 1 is 0.974 bits per heavy atom. The molecular weight excluding hydrogens is 543 g/mol. The lowest BCUT2D eigenvalue weighted by Crippen LogP contribution is -2.39. The lowest BCUT2D eigenvalue weighted by atomic mass is 10.2. The fourth-order valence-corrected chi connectivity index (χ4v) is 5.84. The van der Waals surface area contributed by atoms with Gasteiger partial charge in [-0.1, -0.05) is 53.5 Å². The number of aromatic nitrogens is 1. The van der Waals surface area contributed by atoms with Crippen LogP contribution in [0.4, 0.5) is 5.69 Å². The maximum atomic E-state index is 13.5. The molecule has 3 aromatic carbocycles. The molecular formula is C28H26Cl2N4O3S. The molecule has 0 aliphatic carbocycles. The van der Waals surface area contributed by atoms with Gasteiger partial charge < -0.3 is 4.57 Å². The number of rotatable bonds is 8. The molecule has 0 aliphatic heterocycles. The van der Waals surface area contributed by atoms with Gasteiger partial charge in [-0.3, -0.25) is 9.10 Å². The van der Waals surface area contributed by atoms with Gasteiger partial charge in [0.25, 0.3) is 15.9 Å². The Bertz CT molecular complexity index is 1620. The number of amides is 1. The summed E-state index contributed by atoms with van der Waals surface area (Å²) in [7, 11) is -4.05. The maximum absolute atomic E-state index is 13.5. The van der Waals surface area contributed by atoms with Gasteiger partial charge in [-0.25, -0.2) is 13.8 Å². The number of benzene rings is 3. The number of halogens is 2. The van der Waals surface area contributed by atoms with Crippen molar-refractivity contribution in [3.05, 3.63) is 111 Å². The zero-order valence-electron chi connectivity index (χ0n) is 21.0. The fraction of sp³-hybridized carbons (Fsp3) is 0.143. The van der Waals surface area contributed by atoms with Crippen LogP contribution in [0.25, 0.3) is 5.69 Å². The number of hydrogen-bond acceptors (Lipinski definition) is 4. The van der Waals surface area contributed by atoms with Gasteiger partial charge >= 0.3 is 0 Å². The Kier molecular flexibility index (Phi) is 8.26. The summed E-state index contributed by atoms with van der Waals surface area (Å²) in [5, 5.41) is 5.11. The highest BCUT2D eigenvalue weighted by Gasteiger charge is 2.27. The highest BCUT2D eigenvalue weighted by atomic mass is 35.5. The van der Waals surface area contributed by atoms with Crippen molar-refractivity contribution in [3.63, 3.8) is 0 Å². The minimum absolute atomic E-state index is 0.0569. The third-order valence-electron chi connectivity index (χ3n) is 5.99. The summed E-state index contributed by atoms with van der Waals surface area (Å²) < 4.78 is 30.0. The smallest absolute Gasteiger partial charge is 0.264 e. The predicted molar refractivity (Wildman–Crippen MR) is 153 cm³/mol. The molecule has 1 amide bonds. The fourth-order valence-electron chi connectivity index (χ4n) is 4.04. The van der Waals surface area contributed by atoms with Crippen molar-refractivity contribution in [2.24, 2.45) is 5.10 Å². The van der Waals surface area contributed by atoms with E-state index in [0.29, 0.717) is 10.0 Å².